The first kappa shape index (κ1) is 21.4. The number of ether oxygens (including phenoxy) is 1. The third kappa shape index (κ3) is 6.09. The number of fused-ring (bicyclic) bond motifs is 1. The van der Waals surface area contributed by atoms with E-state index in [1.165, 1.54) is 61.9 Å². The molecule has 0 radical (unpaired) electrons. The number of benzene rings is 2. The summed E-state index contributed by atoms with van der Waals surface area (Å²) in [4.78, 5) is 0. The van der Waals surface area contributed by atoms with E-state index in [0.717, 1.165) is 30.4 Å². The molecule has 0 saturated heterocycles. The minimum absolute atomic E-state index is 0.314. The van der Waals surface area contributed by atoms with Crippen molar-refractivity contribution in [3.05, 3.63) is 65.0 Å². The average Bonchev–Trinajstić information content (AvgIpc) is 2.67. The van der Waals surface area contributed by atoms with Crippen LogP contribution in [-0.2, 0) is 12.8 Å². The number of unbranched alkanes of at least 4 members (excludes halogenated alkanes) is 4. The first-order valence-electron chi connectivity index (χ1n) is 10.2. The van der Waals surface area contributed by atoms with Crippen molar-refractivity contribution in [3.63, 3.8) is 0 Å². The summed E-state index contributed by atoms with van der Waals surface area (Å²) < 4.78 is 55.5. The van der Waals surface area contributed by atoms with Crippen molar-refractivity contribution in [2.24, 2.45) is 0 Å². The molecule has 1 aliphatic rings. The predicted octanol–water partition coefficient (Wildman–Crippen LogP) is 7.78. The van der Waals surface area contributed by atoms with Crippen LogP contribution in [0.15, 0.2) is 48.0 Å². The second kappa shape index (κ2) is 9.47. The third-order valence-corrected chi connectivity index (χ3v) is 5.32. The van der Waals surface area contributed by atoms with Crippen LogP contribution in [0.1, 0.15) is 56.6 Å². The van der Waals surface area contributed by atoms with Gasteiger partial charge in [0.15, 0.2) is 0 Å². The van der Waals surface area contributed by atoms with Gasteiger partial charge in [0.2, 0.25) is 0 Å². The number of rotatable bonds is 8. The van der Waals surface area contributed by atoms with Crippen molar-refractivity contribution in [2.75, 3.05) is 0 Å². The molecule has 2 aromatic carbocycles. The lowest BCUT2D eigenvalue weighted by Gasteiger charge is -2.19. The van der Waals surface area contributed by atoms with Crippen LogP contribution < -0.4 is 4.74 Å². The second-order valence-electron chi connectivity index (χ2n) is 7.58. The van der Waals surface area contributed by atoms with E-state index in [9.17, 15) is 17.6 Å². The Morgan fingerprint density at radius 3 is 2.34 bits per heavy atom. The van der Waals surface area contributed by atoms with Gasteiger partial charge in [-0.2, -0.15) is 0 Å². The standard InChI is InChI=1S/C24H26F4O/c1-2-3-4-5-6-7-17-8-9-19-15-22(23(25)16-20(19)14-17)18-10-12-21(13-11-18)29-24(26,27)28/h8,10-13,15-16H,2-7,9,14H2,1H3. The molecule has 29 heavy (non-hydrogen) atoms. The van der Waals surface area contributed by atoms with Crippen LogP contribution in [0.5, 0.6) is 5.75 Å². The molecule has 0 atom stereocenters. The fourth-order valence-corrected chi connectivity index (χ4v) is 3.79. The summed E-state index contributed by atoms with van der Waals surface area (Å²) in [6, 6.07) is 8.71. The maximum absolute atomic E-state index is 14.7. The predicted molar refractivity (Wildman–Crippen MR) is 107 cm³/mol. The molecular weight excluding hydrogens is 380 g/mol. The molecule has 1 aliphatic carbocycles. The summed E-state index contributed by atoms with van der Waals surface area (Å²) in [5.41, 5.74) is 4.39. The van der Waals surface area contributed by atoms with Crippen molar-refractivity contribution < 1.29 is 22.3 Å². The topological polar surface area (TPSA) is 9.23 Å². The molecule has 0 amide bonds. The third-order valence-electron chi connectivity index (χ3n) is 5.32. The van der Waals surface area contributed by atoms with Gasteiger partial charge in [-0.3, -0.25) is 0 Å². The molecule has 0 aromatic heterocycles. The minimum Gasteiger partial charge on any atom is -0.406 e. The van der Waals surface area contributed by atoms with Crippen molar-refractivity contribution in [3.8, 4) is 16.9 Å². The summed E-state index contributed by atoms with van der Waals surface area (Å²) in [6.45, 7) is 2.20. The zero-order valence-electron chi connectivity index (χ0n) is 16.6. The molecule has 156 valence electrons. The van der Waals surface area contributed by atoms with Crippen LogP contribution in [0, 0.1) is 5.82 Å². The quantitative estimate of drug-likeness (QED) is 0.247. The zero-order valence-corrected chi connectivity index (χ0v) is 16.6. The van der Waals surface area contributed by atoms with Crippen LogP contribution in [-0.4, -0.2) is 6.36 Å². The number of hydrogen-bond acceptors (Lipinski definition) is 1. The van der Waals surface area contributed by atoms with E-state index in [1.807, 2.05) is 6.07 Å². The highest BCUT2D eigenvalue weighted by molar-refractivity contribution is 5.67. The first-order valence-corrected chi connectivity index (χ1v) is 10.2. The van der Waals surface area contributed by atoms with E-state index in [1.54, 1.807) is 6.07 Å². The summed E-state index contributed by atoms with van der Waals surface area (Å²) in [5, 5.41) is 0. The zero-order chi connectivity index (χ0) is 20.9. The van der Waals surface area contributed by atoms with Crippen LogP contribution >= 0.6 is 0 Å². The molecule has 1 nitrogen and oxygen atoms in total. The molecule has 0 spiro atoms. The lowest BCUT2D eigenvalue weighted by Crippen LogP contribution is -2.16. The number of alkyl halides is 3. The van der Waals surface area contributed by atoms with Gasteiger partial charge in [0.25, 0.3) is 0 Å². The molecular formula is C24H26F4O. The number of halogens is 4. The molecule has 0 saturated carbocycles. The van der Waals surface area contributed by atoms with E-state index in [4.69, 9.17) is 0 Å². The largest absolute Gasteiger partial charge is 0.573 e. The van der Waals surface area contributed by atoms with E-state index in [0.29, 0.717) is 11.1 Å². The van der Waals surface area contributed by atoms with Gasteiger partial charge in [-0.1, -0.05) is 56.4 Å². The smallest absolute Gasteiger partial charge is 0.406 e. The Bertz CT molecular complexity index is 850. The van der Waals surface area contributed by atoms with Crippen LogP contribution in [0.2, 0.25) is 0 Å². The van der Waals surface area contributed by atoms with Crippen molar-refractivity contribution in [1.82, 2.24) is 0 Å². The summed E-state index contributed by atoms with van der Waals surface area (Å²) in [6.07, 6.45) is 6.30. The van der Waals surface area contributed by atoms with E-state index in [-0.39, 0.29) is 11.6 Å². The second-order valence-corrected chi connectivity index (χ2v) is 7.58. The van der Waals surface area contributed by atoms with Gasteiger partial charge in [0.1, 0.15) is 11.6 Å². The highest BCUT2D eigenvalue weighted by atomic mass is 19.4. The number of hydrogen-bond donors (Lipinski definition) is 0. The highest BCUT2D eigenvalue weighted by Crippen LogP contribution is 2.33. The maximum Gasteiger partial charge on any atom is 0.573 e. The van der Waals surface area contributed by atoms with Crippen molar-refractivity contribution in [1.29, 1.82) is 0 Å². The molecule has 5 heteroatoms. The van der Waals surface area contributed by atoms with Gasteiger partial charge in [-0.15, -0.1) is 13.2 Å². The van der Waals surface area contributed by atoms with Gasteiger partial charge >= 0.3 is 6.36 Å². The van der Waals surface area contributed by atoms with E-state index in [2.05, 4.69) is 17.7 Å². The Morgan fingerprint density at radius 1 is 0.931 bits per heavy atom. The SMILES string of the molecule is CCCCCCCC1=CCc2cc(-c3ccc(OC(F)(F)F)cc3)c(F)cc2C1. The van der Waals surface area contributed by atoms with Gasteiger partial charge < -0.3 is 4.74 Å². The molecule has 0 unspecified atom stereocenters. The number of allylic oxidation sites excluding steroid dienone is 2. The van der Waals surface area contributed by atoms with Gasteiger partial charge in [0, 0.05) is 5.56 Å². The molecule has 3 rings (SSSR count). The summed E-state index contributed by atoms with van der Waals surface area (Å²) in [5.74, 6) is -0.663. The van der Waals surface area contributed by atoms with Crippen LogP contribution in [0.3, 0.4) is 0 Å². The monoisotopic (exact) mass is 406 g/mol. The Morgan fingerprint density at radius 2 is 1.66 bits per heavy atom. The van der Waals surface area contributed by atoms with E-state index >= 15 is 0 Å². The Hall–Kier alpha value is -2.30. The summed E-state index contributed by atoms with van der Waals surface area (Å²) >= 11 is 0. The van der Waals surface area contributed by atoms with E-state index < -0.39 is 6.36 Å². The Balaban J connectivity index is 1.67. The minimum atomic E-state index is -4.74. The fourth-order valence-electron chi connectivity index (χ4n) is 3.79. The Labute approximate surface area is 169 Å². The van der Waals surface area contributed by atoms with Crippen molar-refractivity contribution >= 4 is 0 Å². The highest BCUT2D eigenvalue weighted by Gasteiger charge is 2.31. The van der Waals surface area contributed by atoms with Crippen LogP contribution in [0.4, 0.5) is 17.6 Å². The fraction of sp³-hybridized carbons (Fsp3) is 0.417. The summed E-state index contributed by atoms with van der Waals surface area (Å²) in [7, 11) is 0. The van der Waals surface area contributed by atoms with Gasteiger partial charge in [-0.05, 0) is 66.6 Å². The van der Waals surface area contributed by atoms with Crippen molar-refractivity contribution in [2.45, 2.75) is 64.7 Å². The average molecular weight is 406 g/mol. The molecule has 0 fully saturated rings. The lowest BCUT2D eigenvalue weighted by atomic mass is 9.87. The molecule has 0 bridgehead atoms. The van der Waals surface area contributed by atoms with Gasteiger partial charge in [-0.25, -0.2) is 4.39 Å². The lowest BCUT2D eigenvalue weighted by molar-refractivity contribution is -0.274. The normalized spacial score (nSPS) is 13.8. The molecule has 0 aliphatic heterocycles. The maximum atomic E-state index is 14.7. The first-order chi connectivity index (χ1) is 13.9. The Kier molecular flexibility index (Phi) is 6.99. The molecule has 2 aromatic rings. The molecule has 0 N–H and O–H groups in total. The van der Waals surface area contributed by atoms with Crippen LogP contribution in [0.25, 0.3) is 11.1 Å². The molecule has 0 heterocycles. The van der Waals surface area contributed by atoms with Gasteiger partial charge in [0.05, 0.1) is 0 Å².